The first-order chi connectivity index (χ1) is 21.1. The molecule has 46 heavy (non-hydrogen) atoms. The maximum Gasteiger partial charge on any atom is 0.187 e. The molecule has 0 unspecified atom stereocenters. The fourth-order valence-corrected chi connectivity index (χ4v) is 10.2. The van der Waals surface area contributed by atoms with Gasteiger partial charge in [0.1, 0.15) is 28.8 Å². The Labute approximate surface area is 272 Å². The van der Waals surface area contributed by atoms with Gasteiger partial charge in [-0.05, 0) is 108 Å². The first-order valence-electron chi connectivity index (χ1n) is 16.4. The molecule has 8 nitrogen and oxygen atoms in total. The summed E-state index contributed by atoms with van der Waals surface area (Å²) in [7, 11) is 0. The largest absolute Gasteiger partial charge is 0.483 e. The van der Waals surface area contributed by atoms with Crippen molar-refractivity contribution in [1.29, 1.82) is 0 Å². The molecule has 0 bridgehead atoms. The smallest absolute Gasteiger partial charge is 0.187 e. The van der Waals surface area contributed by atoms with Crippen molar-refractivity contribution in [2.45, 2.75) is 111 Å². The maximum absolute atomic E-state index is 14.5. The topological polar surface area (TPSA) is 138 Å². The zero-order chi connectivity index (χ0) is 34.4. The quantitative estimate of drug-likeness (QED) is 0.211. The summed E-state index contributed by atoms with van der Waals surface area (Å²) in [4.78, 5) is 53.3. The van der Waals surface area contributed by atoms with Crippen LogP contribution in [-0.2, 0) is 14.4 Å². The Balaban J connectivity index is 1.46. The van der Waals surface area contributed by atoms with Crippen molar-refractivity contribution < 1.29 is 39.2 Å². The lowest BCUT2D eigenvalue weighted by molar-refractivity contribution is -0.183. The minimum atomic E-state index is -2.01. The van der Waals surface area contributed by atoms with Gasteiger partial charge in [-0.3, -0.25) is 19.2 Å². The van der Waals surface area contributed by atoms with Gasteiger partial charge in [0.2, 0.25) is 0 Å². The molecule has 4 aliphatic carbocycles. The number of hydrogen-bond acceptors (Lipinski definition) is 8. The van der Waals surface area contributed by atoms with Gasteiger partial charge in [0, 0.05) is 23.2 Å². The van der Waals surface area contributed by atoms with Crippen LogP contribution in [-0.4, -0.2) is 61.9 Å². The lowest BCUT2D eigenvalue weighted by atomic mass is 9.38. The van der Waals surface area contributed by atoms with Crippen LogP contribution in [0.2, 0.25) is 0 Å². The standard InChI is InChI=1S/C38H50O8/c1-21(39)22-12-10-11-13-27(22)46-33(2,3)17-16-29(42)38(9,45)31-26(41)19-35(6)28-15-14-23-24(18-25(40)32(44)34(23,4)5)37(28,8)30(43)20-36(31,35)7/h10-14,16-17,24-26,28,31,40-41,45H,15,18-20H2,1-9H3/b17-16+/t24-,25+,26-,28-,31+,35+,36-,37+,38+/m1/s1. The molecule has 3 N–H and O–H groups in total. The molecule has 0 amide bonds. The number of carbonyl (C=O) groups is 4. The molecule has 0 radical (unpaired) electrons. The van der Waals surface area contributed by atoms with E-state index >= 15 is 0 Å². The van der Waals surface area contributed by atoms with Gasteiger partial charge >= 0.3 is 0 Å². The summed E-state index contributed by atoms with van der Waals surface area (Å²) in [5.74, 6) is -2.12. The number of Topliss-reactive ketones (excluding diaryl/α,β-unsaturated/α-hetero) is 3. The molecule has 250 valence electrons. The molecular formula is C38H50O8. The third-order valence-electron chi connectivity index (χ3n) is 12.8. The van der Waals surface area contributed by atoms with E-state index in [9.17, 15) is 34.5 Å². The predicted octanol–water partition coefficient (Wildman–Crippen LogP) is 5.22. The van der Waals surface area contributed by atoms with E-state index in [4.69, 9.17) is 4.74 Å². The highest BCUT2D eigenvalue weighted by Gasteiger charge is 2.74. The summed E-state index contributed by atoms with van der Waals surface area (Å²) < 4.78 is 6.10. The van der Waals surface area contributed by atoms with Gasteiger partial charge in [-0.15, -0.1) is 0 Å². The second kappa shape index (κ2) is 10.8. The Kier molecular flexibility index (Phi) is 8.07. The minimum Gasteiger partial charge on any atom is -0.483 e. The van der Waals surface area contributed by atoms with Crippen molar-refractivity contribution in [2.75, 3.05) is 0 Å². The van der Waals surface area contributed by atoms with Crippen molar-refractivity contribution in [3.8, 4) is 5.75 Å². The number of fused-ring (bicyclic) bond motifs is 5. The highest BCUT2D eigenvalue weighted by Crippen LogP contribution is 2.74. The summed E-state index contributed by atoms with van der Waals surface area (Å²) in [6.07, 6.45) is 3.73. The van der Waals surface area contributed by atoms with E-state index in [0.29, 0.717) is 24.2 Å². The number of ketones is 4. The van der Waals surface area contributed by atoms with E-state index in [1.54, 1.807) is 38.1 Å². The summed E-state index contributed by atoms with van der Waals surface area (Å²) in [6.45, 7) is 15.9. The zero-order valence-electron chi connectivity index (χ0n) is 28.6. The second-order valence-electron chi connectivity index (χ2n) is 16.3. The van der Waals surface area contributed by atoms with Crippen LogP contribution in [0.3, 0.4) is 0 Å². The monoisotopic (exact) mass is 634 g/mol. The van der Waals surface area contributed by atoms with Crippen molar-refractivity contribution in [2.24, 2.45) is 39.4 Å². The lowest BCUT2D eigenvalue weighted by Crippen LogP contribution is -2.65. The molecule has 0 spiro atoms. The van der Waals surface area contributed by atoms with Crippen LogP contribution in [0.25, 0.3) is 0 Å². The lowest BCUT2D eigenvalue weighted by Gasteiger charge is -2.64. The first-order valence-corrected chi connectivity index (χ1v) is 16.4. The van der Waals surface area contributed by atoms with Crippen molar-refractivity contribution in [3.63, 3.8) is 0 Å². The number of aliphatic hydroxyl groups excluding tert-OH is 2. The fraction of sp³-hybridized carbons (Fsp3) is 0.632. The van der Waals surface area contributed by atoms with Crippen molar-refractivity contribution >= 4 is 23.1 Å². The third kappa shape index (κ3) is 4.81. The highest BCUT2D eigenvalue weighted by molar-refractivity contribution is 5.98. The molecular weight excluding hydrogens is 584 g/mol. The molecule has 0 saturated heterocycles. The van der Waals surface area contributed by atoms with E-state index in [0.717, 1.165) is 5.57 Å². The van der Waals surface area contributed by atoms with E-state index in [-0.39, 0.29) is 42.0 Å². The number of carbonyl (C=O) groups excluding carboxylic acids is 4. The molecule has 9 atom stereocenters. The molecule has 0 heterocycles. The molecule has 0 aliphatic heterocycles. The number of hydrogen-bond donors (Lipinski definition) is 3. The first kappa shape index (κ1) is 34.4. The van der Waals surface area contributed by atoms with Crippen LogP contribution >= 0.6 is 0 Å². The molecule has 3 saturated carbocycles. The third-order valence-corrected chi connectivity index (χ3v) is 12.8. The Morgan fingerprint density at radius 1 is 1.00 bits per heavy atom. The van der Waals surface area contributed by atoms with Crippen molar-refractivity contribution in [1.82, 2.24) is 0 Å². The number of rotatable bonds is 7. The second-order valence-corrected chi connectivity index (χ2v) is 16.3. The minimum absolute atomic E-state index is 0.0259. The SMILES string of the molecule is CC(=O)c1ccccc1OC(C)(C)/C=C/C(=O)[C@](C)(O)[C@H]1[C@H](O)C[C@@]2(C)[C@H]3CC=C4[C@@H](C[C@H](O)C(=O)C4(C)C)[C@]3(C)C(=O)C[C@]12C. The summed E-state index contributed by atoms with van der Waals surface area (Å²) >= 11 is 0. The summed E-state index contributed by atoms with van der Waals surface area (Å²) in [5, 5.41) is 34.5. The van der Waals surface area contributed by atoms with Crippen LogP contribution in [0.1, 0.15) is 98.4 Å². The predicted molar refractivity (Wildman–Crippen MR) is 173 cm³/mol. The maximum atomic E-state index is 14.5. The Hall–Kier alpha value is -2.94. The highest BCUT2D eigenvalue weighted by atomic mass is 16.5. The molecule has 4 aliphatic rings. The van der Waals surface area contributed by atoms with E-state index < -0.39 is 56.8 Å². The number of allylic oxidation sites excluding steroid dienone is 2. The average molecular weight is 635 g/mol. The number of benzene rings is 1. The van der Waals surface area contributed by atoms with Gasteiger partial charge in [-0.25, -0.2) is 0 Å². The van der Waals surface area contributed by atoms with Crippen LogP contribution in [0.4, 0.5) is 0 Å². The molecule has 5 rings (SSSR count). The van der Waals surface area contributed by atoms with Gasteiger partial charge in [0.15, 0.2) is 17.3 Å². The zero-order valence-corrected chi connectivity index (χ0v) is 28.6. The van der Waals surface area contributed by atoms with E-state index in [1.807, 2.05) is 27.7 Å². The molecule has 3 fully saturated rings. The number of ether oxygens (including phenoxy) is 1. The van der Waals surface area contributed by atoms with Crippen LogP contribution in [0.15, 0.2) is 48.1 Å². The number of aliphatic hydroxyl groups is 3. The molecule has 1 aromatic carbocycles. The summed E-state index contributed by atoms with van der Waals surface area (Å²) in [5.41, 5.74) is -5.01. The van der Waals surface area contributed by atoms with Crippen LogP contribution in [0, 0.1) is 39.4 Å². The van der Waals surface area contributed by atoms with E-state index in [1.165, 1.54) is 26.0 Å². The van der Waals surface area contributed by atoms with Gasteiger partial charge in [-0.2, -0.15) is 0 Å². The Bertz CT molecular complexity index is 1550. The molecule has 1 aromatic rings. The molecule has 8 heteroatoms. The molecule has 0 aromatic heterocycles. The van der Waals surface area contributed by atoms with Crippen LogP contribution < -0.4 is 4.74 Å². The van der Waals surface area contributed by atoms with Gasteiger partial charge in [0.25, 0.3) is 0 Å². The Morgan fingerprint density at radius 3 is 2.26 bits per heavy atom. The van der Waals surface area contributed by atoms with Gasteiger partial charge in [-0.1, -0.05) is 44.6 Å². The fourth-order valence-electron chi connectivity index (χ4n) is 10.2. The van der Waals surface area contributed by atoms with Gasteiger partial charge in [0.05, 0.1) is 11.7 Å². The normalized spacial score (nSPS) is 38.3. The average Bonchev–Trinajstić information content (AvgIpc) is 3.15. The van der Waals surface area contributed by atoms with Crippen molar-refractivity contribution in [3.05, 3.63) is 53.6 Å². The van der Waals surface area contributed by atoms with Crippen LogP contribution in [0.5, 0.6) is 5.75 Å². The Morgan fingerprint density at radius 2 is 1.63 bits per heavy atom. The number of para-hydroxylation sites is 1. The van der Waals surface area contributed by atoms with Gasteiger partial charge < -0.3 is 20.1 Å². The van der Waals surface area contributed by atoms with E-state index in [2.05, 4.69) is 13.0 Å². The summed E-state index contributed by atoms with van der Waals surface area (Å²) in [6, 6.07) is 6.86.